The van der Waals surface area contributed by atoms with Crippen LogP contribution in [-0.4, -0.2) is 18.4 Å². The van der Waals surface area contributed by atoms with Gasteiger partial charge in [-0.05, 0) is 53.7 Å². The number of benzene rings is 2. The van der Waals surface area contributed by atoms with E-state index in [1.807, 2.05) is 0 Å². The SMILES string of the molecule is COc1cc(/C=N\NC(N)=S)ccc1OCc1cccc(C(F)(F)F)c1. The first-order chi connectivity index (χ1) is 12.3. The summed E-state index contributed by atoms with van der Waals surface area (Å²) in [4.78, 5) is 0. The third-order valence-electron chi connectivity index (χ3n) is 3.22. The Bertz CT molecular complexity index is 810. The van der Waals surface area contributed by atoms with Crippen molar-refractivity contribution in [3.05, 3.63) is 59.2 Å². The van der Waals surface area contributed by atoms with Crippen LogP contribution in [0.2, 0.25) is 0 Å². The quantitative estimate of drug-likeness (QED) is 0.454. The van der Waals surface area contributed by atoms with Gasteiger partial charge in [0.05, 0.1) is 18.9 Å². The minimum Gasteiger partial charge on any atom is -0.493 e. The number of alkyl halides is 3. The number of nitrogens with zero attached hydrogens (tertiary/aromatic N) is 1. The summed E-state index contributed by atoms with van der Waals surface area (Å²) in [6, 6.07) is 9.96. The van der Waals surface area contributed by atoms with Crippen LogP contribution >= 0.6 is 12.2 Å². The molecule has 2 aromatic carbocycles. The summed E-state index contributed by atoms with van der Waals surface area (Å²) >= 11 is 4.63. The second-order valence-corrected chi connectivity index (χ2v) is 5.57. The standard InChI is InChI=1S/C17H16F3N3O2S/c1-24-15-8-11(9-22-23-16(21)26)5-6-14(15)25-10-12-3-2-4-13(7-12)17(18,19)20/h2-9H,10H2,1H3,(H3,21,23,26)/b22-9-. The van der Waals surface area contributed by atoms with E-state index in [0.717, 1.165) is 12.1 Å². The zero-order valence-electron chi connectivity index (χ0n) is 13.7. The first kappa shape index (κ1) is 19.5. The van der Waals surface area contributed by atoms with Crippen LogP contribution in [0.3, 0.4) is 0 Å². The maximum Gasteiger partial charge on any atom is 0.416 e. The van der Waals surface area contributed by atoms with Gasteiger partial charge in [0, 0.05) is 0 Å². The summed E-state index contributed by atoms with van der Waals surface area (Å²) < 4.78 is 49.1. The Kier molecular flexibility index (Phi) is 6.40. The Hall–Kier alpha value is -2.81. The number of nitrogens with one attached hydrogen (secondary N) is 1. The van der Waals surface area contributed by atoms with E-state index in [9.17, 15) is 13.2 Å². The first-order valence-electron chi connectivity index (χ1n) is 7.35. The van der Waals surface area contributed by atoms with Crippen molar-refractivity contribution >= 4 is 23.5 Å². The first-order valence-corrected chi connectivity index (χ1v) is 7.76. The third-order valence-corrected chi connectivity index (χ3v) is 3.32. The van der Waals surface area contributed by atoms with E-state index in [2.05, 4.69) is 22.7 Å². The molecule has 0 fully saturated rings. The van der Waals surface area contributed by atoms with Crippen molar-refractivity contribution in [1.82, 2.24) is 5.43 Å². The number of nitrogens with two attached hydrogens (primary N) is 1. The van der Waals surface area contributed by atoms with Crippen LogP contribution in [0.4, 0.5) is 13.2 Å². The fourth-order valence-corrected chi connectivity index (χ4v) is 2.11. The van der Waals surface area contributed by atoms with Crippen LogP contribution in [0.15, 0.2) is 47.6 Å². The smallest absolute Gasteiger partial charge is 0.416 e. The number of thiocarbonyl (C=S) groups is 1. The largest absolute Gasteiger partial charge is 0.493 e. The molecule has 138 valence electrons. The molecule has 0 aromatic heterocycles. The zero-order valence-corrected chi connectivity index (χ0v) is 14.5. The van der Waals surface area contributed by atoms with Crippen molar-refractivity contribution in [2.24, 2.45) is 10.8 Å². The highest BCUT2D eigenvalue weighted by Crippen LogP contribution is 2.31. The van der Waals surface area contributed by atoms with Gasteiger partial charge in [-0.15, -0.1) is 0 Å². The fraction of sp³-hybridized carbons (Fsp3) is 0.176. The number of ether oxygens (including phenoxy) is 2. The van der Waals surface area contributed by atoms with E-state index < -0.39 is 11.7 Å². The van der Waals surface area contributed by atoms with Crippen LogP contribution in [0.5, 0.6) is 11.5 Å². The van der Waals surface area contributed by atoms with Gasteiger partial charge in [-0.25, -0.2) is 0 Å². The zero-order chi connectivity index (χ0) is 19.2. The highest BCUT2D eigenvalue weighted by molar-refractivity contribution is 7.80. The Morgan fingerprint density at radius 2 is 2.00 bits per heavy atom. The number of hydrogen-bond donors (Lipinski definition) is 2. The highest BCUT2D eigenvalue weighted by Gasteiger charge is 2.30. The van der Waals surface area contributed by atoms with Gasteiger partial charge in [-0.2, -0.15) is 18.3 Å². The number of rotatable bonds is 6. The van der Waals surface area contributed by atoms with E-state index in [-0.39, 0.29) is 11.7 Å². The molecule has 0 saturated heterocycles. The Morgan fingerprint density at radius 3 is 2.65 bits per heavy atom. The molecular formula is C17H16F3N3O2S. The lowest BCUT2D eigenvalue weighted by atomic mass is 10.1. The molecule has 0 unspecified atom stereocenters. The van der Waals surface area contributed by atoms with Crippen molar-refractivity contribution < 1.29 is 22.6 Å². The molecule has 2 aromatic rings. The predicted octanol–water partition coefficient (Wildman–Crippen LogP) is 3.46. The van der Waals surface area contributed by atoms with E-state index in [1.165, 1.54) is 19.4 Å². The Labute approximate surface area is 153 Å². The number of halogens is 3. The van der Waals surface area contributed by atoms with Crippen LogP contribution < -0.4 is 20.6 Å². The van der Waals surface area contributed by atoms with E-state index >= 15 is 0 Å². The van der Waals surface area contributed by atoms with Crippen LogP contribution in [-0.2, 0) is 12.8 Å². The molecule has 0 radical (unpaired) electrons. The molecule has 0 amide bonds. The molecule has 0 aliphatic heterocycles. The van der Waals surface area contributed by atoms with Crippen LogP contribution in [0, 0.1) is 0 Å². The number of methoxy groups -OCH3 is 1. The second-order valence-electron chi connectivity index (χ2n) is 5.13. The van der Waals surface area contributed by atoms with Crippen LogP contribution in [0.1, 0.15) is 16.7 Å². The van der Waals surface area contributed by atoms with Gasteiger partial charge in [0.15, 0.2) is 16.6 Å². The minimum atomic E-state index is -4.39. The lowest BCUT2D eigenvalue weighted by Crippen LogP contribution is -2.23. The fourth-order valence-electron chi connectivity index (χ4n) is 2.05. The number of hydrogen-bond acceptors (Lipinski definition) is 4. The van der Waals surface area contributed by atoms with E-state index in [4.69, 9.17) is 15.2 Å². The molecule has 0 saturated carbocycles. The molecule has 0 aliphatic rings. The lowest BCUT2D eigenvalue weighted by molar-refractivity contribution is -0.137. The average molecular weight is 383 g/mol. The van der Waals surface area contributed by atoms with Gasteiger partial charge < -0.3 is 15.2 Å². The van der Waals surface area contributed by atoms with Crippen molar-refractivity contribution in [1.29, 1.82) is 0 Å². The molecule has 0 spiro atoms. The average Bonchev–Trinajstić information content (AvgIpc) is 2.59. The molecule has 0 bridgehead atoms. The summed E-state index contributed by atoms with van der Waals surface area (Å²) in [5, 5.41) is 3.86. The van der Waals surface area contributed by atoms with Gasteiger partial charge in [0.25, 0.3) is 0 Å². The molecule has 0 aliphatic carbocycles. The maximum atomic E-state index is 12.8. The minimum absolute atomic E-state index is 0.0310. The molecule has 0 atom stereocenters. The molecule has 3 N–H and O–H groups in total. The summed E-state index contributed by atoms with van der Waals surface area (Å²) in [6.45, 7) is -0.0310. The van der Waals surface area contributed by atoms with Crippen molar-refractivity contribution in [2.45, 2.75) is 12.8 Å². The summed E-state index contributed by atoms with van der Waals surface area (Å²) in [6.07, 6.45) is -2.91. The van der Waals surface area contributed by atoms with Gasteiger partial charge in [0.1, 0.15) is 6.61 Å². The molecule has 2 rings (SSSR count). The molecule has 26 heavy (non-hydrogen) atoms. The highest BCUT2D eigenvalue weighted by atomic mass is 32.1. The monoisotopic (exact) mass is 383 g/mol. The Balaban J connectivity index is 2.10. The third kappa shape index (κ3) is 5.62. The summed E-state index contributed by atoms with van der Waals surface area (Å²) in [7, 11) is 1.46. The van der Waals surface area contributed by atoms with Gasteiger partial charge >= 0.3 is 6.18 Å². The second kappa shape index (κ2) is 8.52. The summed E-state index contributed by atoms with van der Waals surface area (Å²) in [5.74, 6) is 0.806. The number of hydrazone groups is 1. The predicted molar refractivity (Wildman–Crippen MR) is 96.3 cm³/mol. The normalized spacial score (nSPS) is 11.4. The molecule has 0 heterocycles. The van der Waals surface area contributed by atoms with Crippen molar-refractivity contribution in [3.8, 4) is 11.5 Å². The van der Waals surface area contributed by atoms with E-state index in [0.29, 0.717) is 22.6 Å². The van der Waals surface area contributed by atoms with E-state index in [1.54, 1.807) is 24.3 Å². The van der Waals surface area contributed by atoms with Crippen molar-refractivity contribution in [2.75, 3.05) is 7.11 Å². The topological polar surface area (TPSA) is 68.9 Å². The van der Waals surface area contributed by atoms with Gasteiger partial charge in [-0.3, -0.25) is 5.43 Å². The van der Waals surface area contributed by atoms with Crippen molar-refractivity contribution in [3.63, 3.8) is 0 Å². The van der Waals surface area contributed by atoms with Crippen LogP contribution in [0.25, 0.3) is 0 Å². The Morgan fingerprint density at radius 1 is 1.23 bits per heavy atom. The lowest BCUT2D eigenvalue weighted by Gasteiger charge is -2.12. The molecular weight excluding hydrogens is 367 g/mol. The van der Waals surface area contributed by atoms with Gasteiger partial charge in [-0.1, -0.05) is 12.1 Å². The maximum absolute atomic E-state index is 12.8. The molecule has 5 nitrogen and oxygen atoms in total. The molecule has 9 heteroatoms. The summed E-state index contributed by atoms with van der Waals surface area (Å²) in [5.41, 5.74) is 8.05. The van der Waals surface area contributed by atoms with Gasteiger partial charge in [0.2, 0.25) is 0 Å².